The monoisotopic (exact) mass is 632 g/mol. The van der Waals surface area contributed by atoms with Crippen LogP contribution in [0, 0.1) is 17.3 Å². The zero-order valence-electron chi connectivity index (χ0n) is 26.6. The van der Waals surface area contributed by atoms with Crippen LogP contribution in [0.4, 0.5) is 5.00 Å². The lowest BCUT2D eigenvalue weighted by Gasteiger charge is -2.33. The smallest absolute Gasteiger partial charge is 0.341 e. The van der Waals surface area contributed by atoms with E-state index in [9.17, 15) is 14.4 Å². The zero-order chi connectivity index (χ0) is 32.0. The van der Waals surface area contributed by atoms with Gasteiger partial charge in [-0.05, 0) is 66.3 Å². The third-order valence-electron chi connectivity index (χ3n) is 9.22. The summed E-state index contributed by atoms with van der Waals surface area (Å²) >= 11 is 1.36. The van der Waals surface area contributed by atoms with Crippen LogP contribution in [0.3, 0.4) is 0 Å². The van der Waals surface area contributed by atoms with Crippen molar-refractivity contribution in [3.63, 3.8) is 0 Å². The van der Waals surface area contributed by atoms with Crippen LogP contribution >= 0.6 is 11.3 Å². The van der Waals surface area contributed by atoms with E-state index in [1.54, 1.807) is 12.1 Å². The van der Waals surface area contributed by atoms with Gasteiger partial charge in [-0.3, -0.25) is 14.4 Å². The van der Waals surface area contributed by atoms with Crippen molar-refractivity contribution in [3.8, 4) is 11.5 Å². The molecule has 0 spiro atoms. The molecular formula is C35H40N2O7S. The van der Waals surface area contributed by atoms with Crippen molar-refractivity contribution in [2.45, 2.75) is 65.7 Å². The van der Waals surface area contributed by atoms with E-state index in [4.69, 9.17) is 19.0 Å². The fourth-order valence-corrected chi connectivity index (χ4v) is 8.20. The molecule has 238 valence electrons. The highest BCUT2D eigenvalue weighted by molar-refractivity contribution is 7.17. The van der Waals surface area contributed by atoms with Gasteiger partial charge < -0.3 is 14.2 Å². The molecule has 10 heteroatoms. The molecular weight excluding hydrogens is 592 g/mol. The van der Waals surface area contributed by atoms with Crippen LogP contribution in [-0.4, -0.2) is 49.7 Å². The van der Waals surface area contributed by atoms with Crippen molar-refractivity contribution < 1.29 is 33.4 Å². The van der Waals surface area contributed by atoms with Crippen molar-refractivity contribution in [1.82, 2.24) is 5.06 Å². The molecule has 4 atom stereocenters. The number of hydrogen-bond acceptors (Lipinski definition) is 9. The summed E-state index contributed by atoms with van der Waals surface area (Å²) in [4.78, 5) is 49.6. The van der Waals surface area contributed by atoms with Gasteiger partial charge in [-0.15, -0.1) is 11.3 Å². The largest absolute Gasteiger partial charge is 0.490 e. The number of thiophene rings is 1. The number of carbonyl (C=O) groups is 3. The Morgan fingerprint density at radius 1 is 1.04 bits per heavy atom. The van der Waals surface area contributed by atoms with E-state index < -0.39 is 35.8 Å². The van der Waals surface area contributed by atoms with Gasteiger partial charge in [0.15, 0.2) is 17.6 Å². The molecule has 1 aliphatic carbocycles. The van der Waals surface area contributed by atoms with Crippen molar-refractivity contribution in [2.75, 3.05) is 25.7 Å². The molecule has 2 amide bonds. The molecule has 2 aromatic carbocycles. The molecule has 3 aromatic rings. The minimum absolute atomic E-state index is 0.0949. The van der Waals surface area contributed by atoms with Crippen LogP contribution in [-0.2, 0) is 38.6 Å². The maximum absolute atomic E-state index is 14.3. The maximum atomic E-state index is 14.3. The number of hydroxylamine groups is 2. The maximum Gasteiger partial charge on any atom is 0.341 e. The number of methoxy groups -OCH3 is 1. The van der Waals surface area contributed by atoms with Gasteiger partial charge in [0.25, 0.3) is 5.91 Å². The standard InChI is InChI=1S/C35H40N2O7S/c1-7-42-25-17-21(13-16-24(25)43-19-20-11-9-8-10-12-20)29-28-30(44-36(29)5)32(39)37(31(28)38)33-27(34(40)41-6)23-15-14-22(35(2,3)4)18-26(23)45-33/h8-13,16-17,22,28-30H,7,14-15,18-19H2,1-6H3/t22-,28-,29+,30+/m0/s1. The molecule has 0 radical (unpaired) electrons. The van der Waals surface area contributed by atoms with Gasteiger partial charge in [0.2, 0.25) is 5.91 Å². The molecule has 2 fully saturated rings. The van der Waals surface area contributed by atoms with Crippen molar-refractivity contribution in [2.24, 2.45) is 17.3 Å². The Balaban J connectivity index is 1.32. The van der Waals surface area contributed by atoms with Crippen LogP contribution in [0.1, 0.15) is 72.1 Å². The third kappa shape index (κ3) is 5.64. The quantitative estimate of drug-likeness (QED) is 0.216. The minimum atomic E-state index is -1.01. The molecule has 0 unspecified atom stereocenters. The number of nitrogens with zero attached hydrogens (tertiary/aromatic N) is 2. The first kappa shape index (κ1) is 31.3. The fourth-order valence-electron chi connectivity index (χ4n) is 6.78. The number of carbonyl (C=O) groups excluding carboxylic acids is 3. The van der Waals surface area contributed by atoms with E-state index >= 15 is 0 Å². The predicted octanol–water partition coefficient (Wildman–Crippen LogP) is 6.14. The van der Waals surface area contributed by atoms with Crippen molar-refractivity contribution in [3.05, 3.63) is 75.7 Å². The summed E-state index contributed by atoms with van der Waals surface area (Å²) in [7, 11) is 3.06. The molecule has 6 rings (SSSR count). The van der Waals surface area contributed by atoms with Crippen LogP contribution in [0.5, 0.6) is 11.5 Å². The van der Waals surface area contributed by atoms with Crippen LogP contribution < -0.4 is 14.4 Å². The van der Waals surface area contributed by atoms with Gasteiger partial charge in [-0.25, -0.2) is 9.69 Å². The Labute approximate surface area is 268 Å². The summed E-state index contributed by atoms with van der Waals surface area (Å²) < 4.78 is 17.2. The summed E-state index contributed by atoms with van der Waals surface area (Å²) in [5.41, 5.74) is 3.10. The van der Waals surface area contributed by atoms with Crippen LogP contribution in [0.15, 0.2) is 48.5 Å². The Hall–Kier alpha value is -3.73. The second-order valence-electron chi connectivity index (χ2n) is 12.9. The number of amides is 2. The molecule has 3 heterocycles. The molecule has 9 nitrogen and oxygen atoms in total. The van der Waals surface area contributed by atoms with Gasteiger partial charge in [0.1, 0.15) is 11.6 Å². The van der Waals surface area contributed by atoms with Gasteiger partial charge in [0.05, 0.1) is 31.2 Å². The van der Waals surface area contributed by atoms with E-state index in [0.717, 1.165) is 34.4 Å². The summed E-state index contributed by atoms with van der Waals surface area (Å²) in [6.07, 6.45) is 1.40. The summed E-state index contributed by atoms with van der Waals surface area (Å²) in [6, 6.07) is 14.9. The predicted molar refractivity (Wildman–Crippen MR) is 170 cm³/mol. The SMILES string of the molecule is CCOc1cc([C@@H]2[C@@H]3C(=O)N(c4sc5c(c4C(=O)OC)CC[C@H](C(C)(C)C)C5)C(=O)[C@@H]3ON2C)ccc1OCc1ccccc1. The molecule has 45 heavy (non-hydrogen) atoms. The average molecular weight is 633 g/mol. The Morgan fingerprint density at radius 3 is 2.49 bits per heavy atom. The first-order chi connectivity index (χ1) is 21.5. The van der Waals surface area contributed by atoms with E-state index in [1.165, 1.54) is 23.3 Å². The highest BCUT2D eigenvalue weighted by Gasteiger charge is 2.60. The second kappa shape index (κ2) is 12.2. The number of benzene rings is 2. The Morgan fingerprint density at radius 2 is 1.80 bits per heavy atom. The number of fused-ring (bicyclic) bond motifs is 2. The average Bonchev–Trinajstić information content (AvgIpc) is 3.64. The number of hydrogen-bond donors (Lipinski definition) is 0. The molecule has 1 aromatic heterocycles. The minimum Gasteiger partial charge on any atom is -0.490 e. The molecule has 3 aliphatic rings. The molecule has 0 saturated carbocycles. The van der Waals surface area contributed by atoms with E-state index in [2.05, 4.69) is 20.8 Å². The van der Waals surface area contributed by atoms with Crippen molar-refractivity contribution in [1.29, 1.82) is 0 Å². The topological polar surface area (TPSA) is 94.6 Å². The third-order valence-corrected chi connectivity index (χ3v) is 10.5. The van der Waals surface area contributed by atoms with E-state index in [-0.39, 0.29) is 5.41 Å². The normalized spacial score (nSPS) is 23.2. The van der Waals surface area contributed by atoms with Crippen LogP contribution in [0.2, 0.25) is 0 Å². The van der Waals surface area contributed by atoms with Crippen LogP contribution in [0.25, 0.3) is 0 Å². The number of anilines is 1. The lowest BCUT2D eigenvalue weighted by atomic mass is 9.72. The lowest BCUT2D eigenvalue weighted by molar-refractivity contribution is -0.160. The van der Waals surface area contributed by atoms with Gasteiger partial charge >= 0.3 is 5.97 Å². The summed E-state index contributed by atoms with van der Waals surface area (Å²) in [5, 5.41) is 1.92. The molecule has 2 saturated heterocycles. The fraction of sp³-hybridized carbons (Fsp3) is 0.457. The highest BCUT2D eigenvalue weighted by Crippen LogP contribution is 2.51. The van der Waals surface area contributed by atoms with E-state index in [1.807, 2.05) is 55.5 Å². The summed E-state index contributed by atoms with van der Waals surface area (Å²) in [5.74, 6) is -0.647. The lowest BCUT2D eigenvalue weighted by Crippen LogP contribution is -2.36. The molecule has 2 aliphatic heterocycles. The summed E-state index contributed by atoms with van der Waals surface area (Å²) in [6.45, 7) is 9.37. The van der Waals surface area contributed by atoms with Gasteiger partial charge in [-0.2, -0.15) is 5.06 Å². The first-order valence-electron chi connectivity index (χ1n) is 15.5. The zero-order valence-corrected chi connectivity index (χ0v) is 27.4. The number of ether oxygens (including phenoxy) is 3. The number of rotatable bonds is 8. The Bertz CT molecular complexity index is 1610. The molecule has 0 N–H and O–H groups in total. The van der Waals surface area contributed by atoms with Crippen molar-refractivity contribution >= 4 is 34.1 Å². The molecule has 0 bridgehead atoms. The second-order valence-corrected chi connectivity index (χ2v) is 14.0. The van der Waals surface area contributed by atoms with Gasteiger partial charge in [-0.1, -0.05) is 57.2 Å². The number of esters is 1. The highest BCUT2D eigenvalue weighted by atomic mass is 32.1. The number of imide groups is 1. The first-order valence-corrected chi connectivity index (χ1v) is 16.3. The van der Waals surface area contributed by atoms with Gasteiger partial charge in [0, 0.05) is 11.9 Å². The Kier molecular flexibility index (Phi) is 8.49. The van der Waals surface area contributed by atoms with E-state index in [0.29, 0.717) is 47.6 Å².